The number of hydrogen-bond donors (Lipinski definition) is 2. The van der Waals surface area contributed by atoms with E-state index in [0.717, 1.165) is 30.4 Å². The molecular formula is C19H20F2N2O3. The Morgan fingerprint density at radius 3 is 2.77 bits per heavy atom. The smallest absolute Gasteiger partial charge is 0.387 e. The Hall–Kier alpha value is -2.83. The molecule has 1 aliphatic carbocycles. The summed E-state index contributed by atoms with van der Waals surface area (Å²) in [5.41, 5.74) is 9.05. The topological polar surface area (TPSA) is 73.6 Å². The molecule has 1 aliphatic rings. The monoisotopic (exact) mass is 362 g/mol. The standard InChI is InChI=1S/C19H20F2N2O3/c1-25-17-10-12(5-8-16(17)26-19(20)21)18(24)23-15-4-2-3-11-9-13(22)6-7-14(11)15/h5-10,15,19H,2-4,22H2,1H3,(H,23,24). The van der Waals surface area contributed by atoms with Gasteiger partial charge in [0.05, 0.1) is 13.2 Å². The molecule has 1 unspecified atom stereocenters. The molecule has 2 aromatic carbocycles. The van der Waals surface area contributed by atoms with Crippen LogP contribution < -0.4 is 20.5 Å². The number of carbonyl (C=O) groups excluding carboxylic acids is 1. The van der Waals surface area contributed by atoms with E-state index < -0.39 is 6.61 Å². The zero-order chi connectivity index (χ0) is 18.7. The van der Waals surface area contributed by atoms with Crippen LogP contribution in [-0.4, -0.2) is 19.6 Å². The maximum absolute atomic E-state index is 12.6. The summed E-state index contributed by atoms with van der Waals surface area (Å²) in [5, 5.41) is 3.00. The average Bonchev–Trinajstić information content (AvgIpc) is 2.61. The van der Waals surface area contributed by atoms with Gasteiger partial charge in [-0.1, -0.05) is 6.07 Å². The molecule has 26 heavy (non-hydrogen) atoms. The number of anilines is 1. The maximum Gasteiger partial charge on any atom is 0.387 e. The number of halogens is 2. The number of ether oxygens (including phenoxy) is 2. The molecule has 0 spiro atoms. The molecule has 0 heterocycles. The van der Waals surface area contributed by atoms with Gasteiger partial charge >= 0.3 is 6.61 Å². The lowest BCUT2D eigenvalue weighted by Crippen LogP contribution is -2.31. The molecule has 0 saturated carbocycles. The van der Waals surface area contributed by atoms with Crippen molar-refractivity contribution >= 4 is 11.6 Å². The number of nitrogens with one attached hydrogen (secondary N) is 1. The van der Waals surface area contributed by atoms with Gasteiger partial charge in [-0.3, -0.25) is 4.79 Å². The molecule has 0 radical (unpaired) electrons. The SMILES string of the molecule is COc1cc(C(=O)NC2CCCc3cc(N)ccc32)ccc1OC(F)F. The summed E-state index contributed by atoms with van der Waals surface area (Å²) in [5.74, 6) is -0.339. The number of alkyl halides is 2. The molecule has 3 rings (SSSR count). The molecule has 0 bridgehead atoms. The molecule has 5 nitrogen and oxygen atoms in total. The van der Waals surface area contributed by atoms with Gasteiger partial charge in [0.2, 0.25) is 0 Å². The second-order valence-electron chi connectivity index (χ2n) is 6.12. The third-order valence-corrected chi connectivity index (χ3v) is 4.43. The minimum absolute atomic E-state index is 0.0785. The highest BCUT2D eigenvalue weighted by molar-refractivity contribution is 5.95. The Kier molecular flexibility index (Phi) is 5.25. The van der Waals surface area contributed by atoms with E-state index in [1.807, 2.05) is 18.2 Å². The molecule has 1 atom stereocenters. The molecule has 1 amide bonds. The Labute approximate surface area is 150 Å². The number of aryl methyl sites for hydroxylation is 1. The molecule has 0 aromatic heterocycles. The van der Waals surface area contributed by atoms with Crippen LogP contribution in [0.5, 0.6) is 11.5 Å². The molecule has 2 aromatic rings. The summed E-state index contributed by atoms with van der Waals surface area (Å²) in [4.78, 5) is 12.6. The van der Waals surface area contributed by atoms with Crippen LogP contribution in [0.1, 0.15) is 40.4 Å². The number of fused-ring (bicyclic) bond motifs is 1. The van der Waals surface area contributed by atoms with Gasteiger partial charge in [-0.2, -0.15) is 8.78 Å². The largest absolute Gasteiger partial charge is 0.493 e. The molecule has 138 valence electrons. The van der Waals surface area contributed by atoms with Gasteiger partial charge in [0.15, 0.2) is 11.5 Å². The normalized spacial score (nSPS) is 16.1. The fraction of sp³-hybridized carbons (Fsp3) is 0.316. The van der Waals surface area contributed by atoms with Crippen LogP contribution in [0.3, 0.4) is 0 Å². The van der Waals surface area contributed by atoms with Crippen LogP contribution in [0.25, 0.3) is 0 Å². The van der Waals surface area contributed by atoms with E-state index in [2.05, 4.69) is 10.1 Å². The summed E-state index contributed by atoms with van der Waals surface area (Å²) in [6, 6.07) is 9.71. The van der Waals surface area contributed by atoms with E-state index in [4.69, 9.17) is 10.5 Å². The third kappa shape index (κ3) is 3.87. The van der Waals surface area contributed by atoms with Crippen molar-refractivity contribution in [3.8, 4) is 11.5 Å². The van der Waals surface area contributed by atoms with E-state index >= 15 is 0 Å². The molecule has 0 fully saturated rings. The highest BCUT2D eigenvalue weighted by Gasteiger charge is 2.23. The number of nitrogen functional groups attached to an aromatic ring is 1. The molecule has 3 N–H and O–H groups in total. The molecule has 0 aliphatic heterocycles. The fourth-order valence-electron chi connectivity index (χ4n) is 3.23. The van der Waals surface area contributed by atoms with Crippen LogP contribution in [0, 0.1) is 0 Å². The van der Waals surface area contributed by atoms with Crippen LogP contribution in [0.2, 0.25) is 0 Å². The quantitative estimate of drug-likeness (QED) is 0.796. The van der Waals surface area contributed by atoms with Gasteiger partial charge in [0.1, 0.15) is 0 Å². The van der Waals surface area contributed by atoms with Crippen LogP contribution >= 0.6 is 0 Å². The fourth-order valence-corrected chi connectivity index (χ4v) is 3.23. The lowest BCUT2D eigenvalue weighted by atomic mass is 9.87. The number of hydrogen-bond acceptors (Lipinski definition) is 4. The first-order chi connectivity index (χ1) is 12.5. The van der Waals surface area contributed by atoms with E-state index in [-0.39, 0.29) is 23.4 Å². The van der Waals surface area contributed by atoms with Crippen molar-refractivity contribution in [1.82, 2.24) is 5.32 Å². The summed E-state index contributed by atoms with van der Waals surface area (Å²) >= 11 is 0. The number of rotatable bonds is 5. The van der Waals surface area contributed by atoms with E-state index in [9.17, 15) is 13.6 Å². The van der Waals surface area contributed by atoms with Gasteiger partial charge in [0, 0.05) is 11.3 Å². The first-order valence-electron chi connectivity index (χ1n) is 8.30. The van der Waals surface area contributed by atoms with Gasteiger partial charge in [-0.25, -0.2) is 0 Å². The molecular weight excluding hydrogens is 342 g/mol. The maximum atomic E-state index is 12.6. The zero-order valence-electron chi connectivity index (χ0n) is 14.3. The van der Waals surface area contributed by atoms with Gasteiger partial charge in [-0.15, -0.1) is 0 Å². The minimum Gasteiger partial charge on any atom is -0.493 e. The lowest BCUT2D eigenvalue weighted by Gasteiger charge is -2.26. The number of methoxy groups -OCH3 is 1. The Morgan fingerprint density at radius 1 is 1.23 bits per heavy atom. The first-order valence-corrected chi connectivity index (χ1v) is 8.30. The van der Waals surface area contributed by atoms with E-state index in [0.29, 0.717) is 11.3 Å². The second kappa shape index (κ2) is 7.59. The van der Waals surface area contributed by atoms with E-state index in [1.54, 1.807) is 0 Å². The summed E-state index contributed by atoms with van der Waals surface area (Å²) in [7, 11) is 1.33. The number of amides is 1. The third-order valence-electron chi connectivity index (χ3n) is 4.43. The van der Waals surface area contributed by atoms with Crippen molar-refractivity contribution in [3.63, 3.8) is 0 Å². The summed E-state index contributed by atoms with van der Waals surface area (Å²) in [6.07, 6.45) is 2.71. The van der Waals surface area contributed by atoms with Crippen LogP contribution in [-0.2, 0) is 6.42 Å². The van der Waals surface area contributed by atoms with Crippen LogP contribution in [0.15, 0.2) is 36.4 Å². The predicted molar refractivity (Wildman–Crippen MR) is 93.6 cm³/mol. The number of carbonyl (C=O) groups is 1. The molecule has 0 saturated heterocycles. The summed E-state index contributed by atoms with van der Waals surface area (Å²) < 4.78 is 34.2. The zero-order valence-corrected chi connectivity index (χ0v) is 14.3. The van der Waals surface area contributed by atoms with Gasteiger partial charge in [-0.05, 0) is 60.7 Å². The molecule has 7 heteroatoms. The predicted octanol–water partition coefficient (Wildman–Crippen LogP) is 3.69. The van der Waals surface area contributed by atoms with Crippen molar-refractivity contribution in [2.24, 2.45) is 0 Å². The highest BCUT2D eigenvalue weighted by atomic mass is 19.3. The first kappa shape index (κ1) is 18.0. The van der Waals surface area contributed by atoms with Gasteiger partial charge < -0.3 is 20.5 Å². The van der Waals surface area contributed by atoms with E-state index in [1.165, 1.54) is 25.3 Å². The lowest BCUT2D eigenvalue weighted by molar-refractivity contribution is -0.0512. The number of nitrogens with two attached hydrogens (primary N) is 1. The highest BCUT2D eigenvalue weighted by Crippen LogP contribution is 2.32. The minimum atomic E-state index is -2.96. The number of benzene rings is 2. The Balaban J connectivity index is 1.79. The van der Waals surface area contributed by atoms with Crippen molar-refractivity contribution in [3.05, 3.63) is 53.1 Å². The van der Waals surface area contributed by atoms with Crippen molar-refractivity contribution < 1.29 is 23.0 Å². The van der Waals surface area contributed by atoms with Crippen molar-refractivity contribution in [2.75, 3.05) is 12.8 Å². The van der Waals surface area contributed by atoms with Crippen LogP contribution in [0.4, 0.5) is 14.5 Å². The van der Waals surface area contributed by atoms with Crippen molar-refractivity contribution in [1.29, 1.82) is 0 Å². The van der Waals surface area contributed by atoms with Gasteiger partial charge in [0.25, 0.3) is 5.91 Å². The average molecular weight is 362 g/mol. The van der Waals surface area contributed by atoms with Crippen molar-refractivity contribution in [2.45, 2.75) is 31.9 Å². The second-order valence-corrected chi connectivity index (χ2v) is 6.12. The summed E-state index contributed by atoms with van der Waals surface area (Å²) in [6.45, 7) is -2.96. The Bertz CT molecular complexity index is 811. The Morgan fingerprint density at radius 2 is 2.04 bits per heavy atom.